The van der Waals surface area contributed by atoms with Crippen LogP contribution in [0.4, 0.5) is 4.39 Å². The predicted octanol–water partition coefficient (Wildman–Crippen LogP) is 3.52. The van der Waals surface area contributed by atoms with Gasteiger partial charge in [-0.3, -0.25) is 14.5 Å². The number of benzene rings is 2. The molecule has 0 fully saturated rings. The van der Waals surface area contributed by atoms with Crippen LogP contribution in [0.1, 0.15) is 33.2 Å². The summed E-state index contributed by atoms with van der Waals surface area (Å²) in [5.41, 5.74) is 1.69. The molecule has 1 unspecified atom stereocenters. The summed E-state index contributed by atoms with van der Waals surface area (Å²) in [5.74, 6) is -0.862. The van der Waals surface area contributed by atoms with Crippen molar-refractivity contribution in [2.75, 3.05) is 0 Å². The molecule has 3 rings (SSSR count). The zero-order valence-electron chi connectivity index (χ0n) is 12.0. The normalized spacial score (nSPS) is 15.5. The summed E-state index contributed by atoms with van der Waals surface area (Å²) in [7, 11) is 0. The molecule has 0 saturated heterocycles. The minimum atomic E-state index is -0.377. The summed E-state index contributed by atoms with van der Waals surface area (Å²) in [5, 5.41) is 0. The molecule has 1 heterocycles. The van der Waals surface area contributed by atoms with Crippen LogP contribution in [0.15, 0.2) is 54.6 Å². The standard InChI is InChI=1S/C18H14FNO2/c1-12(6-7-13-8-10-14(19)11-9-13)20-17(21)15-4-2-3-5-16(15)18(20)22/h2-12H,1H3/b7-6+. The van der Waals surface area contributed by atoms with E-state index < -0.39 is 0 Å². The molecule has 2 amide bonds. The molecule has 1 atom stereocenters. The van der Waals surface area contributed by atoms with Crippen molar-refractivity contribution >= 4 is 17.9 Å². The number of amides is 2. The molecule has 0 saturated carbocycles. The van der Waals surface area contributed by atoms with Crippen molar-refractivity contribution < 1.29 is 14.0 Å². The van der Waals surface area contributed by atoms with Crippen LogP contribution in [0.5, 0.6) is 0 Å². The Labute approximate surface area is 127 Å². The number of fused-ring (bicyclic) bond motifs is 1. The molecule has 2 aromatic carbocycles. The van der Waals surface area contributed by atoms with E-state index in [-0.39, 0.29) is 23.7 Å². The Bertz CT molecular complexity index is 730. The highest BCUT2D eigenvalue weighted by Gasteiger charge is 2.37. The van der Waals surface area contributed by atoms with Crippen molar-refractivity contribution in [3.05, 3.63) is 77.1 Å². The van der Waals surface area contributed by atoms with E-state index in [1.54, 1.807) is 55.5 Å². The summed E-state index contributed by atoms with van der Waals surface area (Å²) >= 11 is 0. The Kier molecular flexibility index (Phi) is 3.59. The number of hydrogen-bond acceptors (Lipinski definition) is 2. The summed E-state index contributed by atoms with van der Waals surface area (Å²) in [6.07, 6.45) is 3.53. The van der Waals surface area contributed by atoms with Gasteiger partial charge >= 0.3 is 0 Å². The molecule has 4 heteroatoms. The van der Waals surface area contributed by atoms with Crippen LogP contribution in [-0.4, -0.2) is 22.8 Å². The van der Waals surface area contributed by atoms with Gasteiger partial charge in [-0.05, 0) is 36.8 Å². The van der Waals surface area contributed by atoms with E-state index in [1.807, 2.05) is 0 Å². The number of carbonyl (C=O) groups is 2. The van der Waals surface area contributed by atoms with Gasteiger partial charge in [-0.1, -0.05) is 36.4 Å². The molecule has 0 N–H and O–H groups in total. The van der Waals surface area contributed by atoms with Gasteiger partial charge in [0.05, 0.1) is 17.2 Å². The van der Waals surface area contributed by atoms with E-state index in [9.17, 15) is 14.0 Å². The van der Waals surface area contributed by atoms with Gasteiger partial charge in [0.2, 0.25) is 0 Å². The van der Waals surface area contributed by atoms with Crippen LogP contribution in [0, 0.1) is 5.82 Å². The quantitative estimate of drug-likeness (QED) is 0.812. The Morgan fingerprint density at radius 3 is 2.05 bits per heavy atom. The molecule has 0 radical (unpaired) electrons. The third-order valence-corrected chi connectivity index (χ3v) is 3.67. The van der Waals surface area contributed by atoms with E-state index in [0.29, 0.717) is 11.1 Å². The predicted molar refractivity (Wildman–Crippen MR) is 81.8 cm³/mol. The molecule has 110 valence electrons. The average Bonchev–Trinajstić information content (AvgIpc) is 2.79. The highest BCUT2D eigenvalue weighted by molar-refractivity contribution is 6.21. The second-order valence-corrected chi connectivity index (χ2v) is 5.18. The Morgan fingerprint density at radius 2 is 1.50 bits per heavy atom. The summed E-state index contributed by atoms with van der Waals surface area (Å²) in [4.78, 5) is 25.9. The minimum absolute atomic E-state index is 0.281. The van der Waals surface area contributed by atoms with E-state index in [2.05, 4.69) is 0 Å². The highest BCUT2D eigenvalue weighted by atomic mass is 19.1. The molecule has 3 nitrogen and oxygen atoms in total. The molecular formula is C18H14FNO2. The van der Waals surface area contributed by atoms with E-state index in [0.717, 1.165) is 5.56 Å². The fraction of sp³-hybridized carbons (Fsp3) is 0.111. The minimum Gasteiger partial charge on any atom is -0.269 e. The first kappa shape index (κ1) is 14.2. The lowest BCUT2D eigenvalue weighted by atomic mass is 10.1. The Balaban J connectivity index is 1.82. The largest absolute Gasteiger partial charge is 0.269 e. The molecule has 1 aliphatic rings. The summed E-state index contributed by atoms with van der Waals surface area (Å²) in [6.45, 7) is 1.78. The van der Waals surface area contributed by atoms with Crippen LogP contribution in [0.3, 0.4) is 0 Å². The van der Waals surface area contributed by atoms with Crippen molar-refractivity contribution in [2.24, 2.45) is 0 Å². The van der Waals surface area contributed by atoms with E-state index in [4.69, 9.17) is 0 Å². The number of hydrogen-bond donors (Lipinski definition) is 0. The second-order valence-electron chi connectivity index (χ2n) is 5.18. The fourth-order valence-electron chi connectivity index (χ4n) is 2.49. The van der Waals surface area contributed by atoms with Crippen molar-refractivity contribution in [3.8, 4) is 0 Å². The second kappa shape index (κ2) is 5.56. The lowest BCUT2D eigenvalue weighted by molar-refractivity contribution is 0.0626. The molecule has 0 aromatic heterocycles. The molecule has 22 heavy (non-hydrogen) atoms. The topological polar surface area (TPSA) is 37.4 Å². The van der Waals surface area contributed by atoms with Crippen LogP contribution >= 0.6 is 0 Å². The van der Waals surface area contributed by atoms with Gasteiger partial charge in [0.1, 0.15) is 5.82 Å². The summed E-state index contributed by atoms with van der Waals surface area (Å²) < 4.78 is 12.9. The van der Waals surface area contributed by atoms with Crippen molar-refractivity contribution in [2.45, 2.75) is 13.0 Å². The zero-order chi connectivity index (χ0) is 15.7. The third-order valence-electron chi connectivity index (χ3n) is 3.67. The van der Waals surface area contributed by atoms with E-state index in [1.165, 1.54) is 17.0 Å². The Hall–Kier alpha value is -2.75. The molecule has 1 aliphatic heterocycles. The van der Waals surface area contributed by atoms with Gasteiger partial charge in [0.25, 0.3) is 11.8 Å². The van der Waals surface area contributed by atoms with Gasteiger partial charge in [0.15, 0.2) is 0 Å². The van der Waals surface area contributed by atoms with Crippen molar-refractivity contribution in [1.29, 1.82) is 0 Å². The smallest absolute Gasteiger partial charge is 0.262 e. The highest BCUT2D eigenvalue weighted by Crippen LogP contribution is 2.25. The molecule has 0 aliphatic carbocycles. The van der Waals surface area contributed by atoms with Crippen molar-refractivity contribution in [3.63, 3.8) is 0 Å². The number of carbonyl (C=O) groups excluding carboxylic acids is 2. The maximum atomic E-state index is 12.9. The molecular weight excluding hydrogens is 281 g/mol. The first-order chi connectivity index (χ1) is 10.6. The van der Waals surface area contributed by atoms with Gasteiger partial charge < -0.3 is 0 Å². The number of imide groups is 1. The van der Waals surface area contributed by atoms with E-state index >= 15 is 0 Å². The van der Waals surface area contributed by atoms with Gasteiger partial charge in [0, 0.05) is 0 Å². The first-order valence-corrected chi connectivity index (χ1v) is 6.98. The SMILES string of the molecule is CC(/C=C/c1ccc(F)cc1)N1C(=O)c2ccccc2C1=O. The van der Waals surface area contributed by atoms with Crippen LogP contribution < -0.4 is 0 Å². The van der Waals surface area contributed by atoms with Crippen molar-refractivity contribution in [1.82, 2.24) is 4.90 Å². The lowest BCUT2D eigenvalue weighted by Crippen LogP contribution is -2.36. The maximum absolute atomic E-state index is 12.9. The van der Waals surface area contributed by atoms with Crippen LogP contribution in [-0.2, 0) is 0 Å². The first-order valence-electron chi connectivity index (χ1n) is 6.98. The number of halogens is 1. The van der Waals surface area contributed by atoms with Gasteiger partial charge in [-0.25, -0.2) is 4.39 Å². The maximum Gasteiger partial charge on any atom is 0.262 e. The number of nitrogens with zero attached hydrogens (tertiary/aromatic N) is 1. The zero-order valence-corrected chi connectivity index (χ0v) is 12.0. The monoisotopic (exact) mass is 295 g/mol. The van der Waals surface area contributed by atoms with Crippen LogP contribution in [0.25, 0.3) is 6.08 Å². The van der Waals surface area contributed by atoms with Gasteiger partial charge in [-0.15, -0.1) is 0 Å². The molecule has 2 aromatic rings. The Morgan fingerprint density at radius 1 is 0.955 bits per heavy atom. The number of rotatable bonds is 3. The lowest BCUT2D eigenvalue weighted by Gasteiger charge is -2.19. The summed E-state index contributed by atoms with van der Waals surface area (Å²) in [6, 6.07) is 12.4. The van der Waals surface area contributed by atoms with Crippen LogP contribution in [0.2, 0.25) is 0 Å². The average molecular weight is 295 g/mol. The molecule has 0 spiro atoms. The molecule has 0 bridgehead atoms. The van der Waals surface area contributed by atoms with Gasteiger partial charge in [-0.2, -0.15) is 0 Å². The third kappa shape index (κ3) is 2.44. The fourth-order valence-corrected chi connectivity index (χ4v) is 2.49.